The quantitative estimate of drug-likeness (QED) is 0.772. The molecule has 0 aliphatic rings. The highest BCUT2D eigenvalue weighted by Crippen LogP contribution is 2.09. The van der Waals surface area contributed by atoms with Crippen molar-refractivity contribution in [3.05, 3.63) is 96.1 Å². The highest BCUT2D eigenvalue weighted by molar-refractivity contribution is 7.89. The average molecular weight is 339 g/mol. The van der Waals surface area contributed by atoms with Crippen molar-refractivity contribution in [1.82, 2.24) is 4.72 Å². The maximum atomic E-state index is 12.1. The van der Waals surface area contributed by atoms with Gasteiger partial charge in [-0.25, -0.2) is 13.1 Å². The Balaban J connectivity index is 1.79. The second-order valence-electron chi connectivity index (χ2n) is 5.25. The lowest BCUT2D eigenvalue weighted by molar-refractivity contribution is 0.585. The molecule has 0 aliphatic carbocycles. The fourth-order valence-electron chi connectivity index (χ4n) is 1.96. The molecule has 0 saturated carbocycles. The lowest BCUT2D eigenvalue weighted by Crippen LogP contribution is -2.23. The summed E-state index contributed by atoms with van der Waals surface area (Å²) in [6.07, 6.45) is 11.3. The zero-order valence-corrected chi connectivity index (χ0v) is 14.4. The molecule has 0 bridgehead atoms. The summed E-state index contributed by atoms with van der Waals surface area (Å²) in [4.78, 5) is 0.280. The molecule has 2 aromatic rings. The smallest absolute Gasteiger partial charge is 0.207 e. The molecule has 0 spiro atoms. The van der Waals surface area contributed by atoms with Gasteiger partial charge in [-0.05, 0) is 24.6 Å². The van der Waals surface area contributed by atoms with Crippen molar-refractivity contribution in [1.29, 1.82) is 0 Å². The van der Waals surface area contributed by atoms with E-state index in [0.717, 1.165) is 11.1 Å². The maximum absolute atomic E-state index is 12.1. The van der Waals surface area contributed by atoms with Crippen LogP contribution in [-0.2, 0) is 10.0 Å². The number of hydrogen-bond donors (Lipinski definition) is 1. The van der Waals surface area contributed by atoms with Gasteiger partial charge in [-0.1, -0.05) is 84.5 Å². The molecule has 0 amide bonds. The Labute approximate surface area is 144 Å². The molecule has 0 atom stereocenters. The first-order valence-electron chi connectivity index (χ1n) is 7.69. The number of allylic oxidation sites excluding steroid dienone is 4. The molecular formula is C20H21NO2S. The SMILES string of the molecule is Cc1ccc(S(=O)(=O)NC/C=C/C=C/C=C/c2ccccc2)cc1. The molecule has 0 unspecified atom stereocenters. The molecule has 2 aromatic carbocycles. The zero-order valence-electron chi connectivity index (χ0n) is 13.6. The van der Waals surface area contributed by atoms with Crippen LogP contribution in [0.15, 0.2) is 89.9 Å². The fourth-order valence-corrected chi connectivity index (χ4v) is 2.94. The Morgan fingerprint density at radius 3 is 2.25 bits per heavy atom. The normalized spacial score (nSPS) is 12.5. The molecule has 0 saturated heterocycles. The van der Waals surface area contributed by atoms with E-state index < -0.39 is 10.0 Å². The van der Waals surface area contributed by atoms with Crippen molar-refractivity contribution < 1.29 is 8.42 Å². The van der Waals surface area contributed by atoms with Gasteiger partial charge in [0.05, 0.1) is 4.90 Å². The van der Waals surface area contributed by atoms with Crippen molar-refractivity contribution in [3.63, 3.8) is 0 Å². The van der Waals surface area contributed by atoms with E-state index in [-0.39, 0.29) is 11.4 Å². The molecule has 0 aromatic heterocycles. The van der Waals surface area contributed by atoms with Crippen LogP contribution >= 0.6 is 0 Å². The van der Waals surface area contributed by atoms with Crippen LogP contribution in [0.25, 0.3) is 6.08 Å². The van der Waals surface area contributed by atoms with E-state index in [9.17, 15) is 8.42 Å². The molecule has 0 radical (unpaired) electrons. The first-order chi connectivity index (χ1) is 11.6. The largest absolute Gasteiger partial charge is 0.240 e. The van der Waals surface area contributed by atoms with Gasteiger partial charge in [0.1, 0.15) is 0 Å². The summed E-state index contributed by atoms with van der Waals surface area (Å²) >= 11 is 0. The Morgan fingerprint density at radius 1 is 0.875 bits per heavy atom. The zero-order chi connectivity index (χ0) is 17.3. The Hall–Kier alpha value is -2.43. The van der Waals surface area contributed by atoms with Crippen molar-refractivity contribution in [2.75, 3.05) is 6.54 Å². The van der Waals surface area contributed by atoms with E-state index >= 15 is 0 Å². The minimum Gasteiger partial charge on any atom is -0.207 e. The Morgan fingerprint density at radius 2 is 1.54 bits per heavy atom. The third-order valence-electron chi connectivity index (χ3n) is 3.28. The van der Waals surface area contributed by atoms with E-state index in [1.165, 1.54) is 0 Å². The van der Waals surface area contributed by atoms with E-state index in [1.54, 1.807) is 30.3 Å². The summed E-state index contributed by atoms with van der Waals surface area (Å²) in [6.45, 7) is 2.17. The van der Waals surface area contributed by atoms with Crippen LogP contribution < -0.4 is 4.72 Å². The van der Waals surface area contributed by atoms with Gasteiger partial charge in [-0.15, -0.1) is 0 Å². The van der Waals surface area contributed by atoms with Crippen molar-refractivity contribution >= 4 is 16.1 Å². The molecule has 3 nitrogen and oxygen atoms in total. The molecule has 0 heterocycles. The van der Waals surface area contributed by atoms with Gasteiger partial charge in [0.25, 0.3) is 0 Å². The molecular weight excluding hydrogens is 318 g/mol. The standard InChI is InChI=1S/C20H21NO2S/c1-18-13-15-20(16-14-18)24(22,23)21-17-9-4-2-3-6-10-19-11-7-5-8-12-19/h2-16,21H,17H2,1H3/b3-2+,9-4+,10-6+. The fraction of sp³-hybridized carbons (Fsp3) is 0.100. The van der Waals surface area contributed by atoms with Crippen molar-refractivity contribution in [2.45, 2.75) is 11.8 Å². The Kier molecular flexibility index (Phi) is 6.73. The second-order valence-corrected chi connectivity index (χ2v) is 7.01. The van der Waals surface area contributed by atoms with Crippen LogP contribution in [0.4, 0.5) is 0 Å². The molecule has 0 fully saturated rings. The summed E-state index contributed by atoms with van der Waals surface area (Å²) < 4.78 is 26.7. The van der Waals surface area contributed by atoms with Crippen LogP contribution in [0.5, 0.6) is 0 Å². The van der Waals surface area contributed by atoms with Crippen molar-refractivity contribution in [3.8, 4) is 0 Å². The van der Waals surface area contributed by atoms with Crippen LogP contribution in [0, 0.1) is 6.92 Å². The monoisotopic (exact) mass is 339 g/mol. The van der Waals surface area contributed by atoms with Gasteiger partial charge in [0.2, 0.25) is 10.0 Å². The van der Waals surface area contributed by atoms with Gasteiger partial charge in [0.15, 0.2) is 0 Å². The first kappa shape index (κ1) is 17.9. The van der Waals surface area contributed by atoms with E-state index in [2.05, 4.69) is 4.72 Å². The Bertz CT molecular complexity index is 818. The molecule has 0 aliphatic heterocycles. The lowest BCUT2D eigenvalue weighted by Gasteiger charge is -2.04. The predicted molar refractivity (Wildman–Crippen MR) is 100 cm³/mol. The van der Waals surface area contributed by atoms with Gasteiger partial charge >= 0.3 is 0 Å². The number of rotatable bonds is 7. The number of hydrogen-bond acceptors (Lipinski definition) is 2. The summed E-state index contributed by atoms with van der Waals surface area (Å²) in [5.41, 5.74) is 2.17. The highest BCUT2D eigenvalue weighted by atomic mass is 32.2. The molecule has 124 valence electrons. The first-order valence-corrected chi connectivity index (χ1v) is 9.17. The van der Waals surface area contributed by atoms with Gasteiger partial charge in [-0.2, -0.15) is 0 Å². The van der Waals surface area contributed by atoms with E-state index in [4.69, 9.17) is 0 Å². The number of sulfonamides is 1. The summed E-state index contributed by atoms with van der Waals surface area (Å²) in [5, 5.41) is 0. The van der Waals surface area contributed by atoms with Gasteiger partial charge < -0.3 is 0 Å². The highest BCUT2D eigenvalue weighted by Gasteiger charge is 2.11. The molecule has 24 heavy (non-hydrogen) atoms. The third kappa shape index (κ3) is 5.99. The van der Waals surface area contributed by atoms with Crippen LogP contribution in [0.3, 0.4) is 0 Å². The average Bonchev–Trinajstić information content (AvgIpc) is 2.58. The van der Waals surface area contributed by atoms with Crippen molar-refractivity contribution in [2.24, 2.45) is 0 Å². The topological polar surface area (TPSA) is 46.2 Å². The lowest BCUT2D eigenvalue weighted by atomic mass is 10.2. The molecule has 1 N–H and O–H groups in total. The minimum absolute atomic E-state index is 0.253. The maximum Gasteiger partial charge on any atom is 0.240 e. The van der Waals surface area contributed by atoms with Crippen LogP contribution in [0.1, 0.15) is 11.1 Å². The summed E-state index contributed by atoms with van der Waals surface area (Å²) in [7, 11) is -3.45. The molecule has 2 rings (SSSR count). The number of aryl methyl sites for hydroxylation is 1. The summed E-state index contributed by atoms with van der Waals surface area (Å²) in [6, 6.07) is 16.8. The second kappa shape index (κ2) is 9.01. The number of nitrogens with one attached hydrogen (secondary N) is 1. The van der Waals surface area contributed by atoms with Gasteiger partial charge in [0, 0.05) is 6.54 Å². The van der Waals surface area contributed by atoms with Crippen LogP contribution in [0.2, 0.25) is 0 Å². The third-order valence-corrected chi connectivity index (χ3v) is 4.72. The van der Waals surface area contributed by atoms with E-state index in [0.29, 0.717) is 0 Å². The summed E-state index contributed by atoms with van der Waals surface area (Å²) in [5.74, 6) is 0. The van der Waals surface area contributed by atoms with Gasteiger partial charge in [-0.3, -0.25) is 0 Å². The minimum atomic E-state index is -3.45. The number of benzene rings is 2. The predicted octanol–water partition coefficient (Wildman–Crippen LogP) is 4.10. The molecule has 4 heteroatoms. The van der Waals surface area contributed by atoms with Crippen LogP contribution in [-0.4, -0.2) is 15.0 Å². The van der Waals surface area contributed by atoms with E-state index in [1.807, 2.05) is 67.6 Å².